The van der Waals surface area contributed by atoms with Crippen LogP contribution in [0, 0.1) is 6.92 Å². The number of benzene rings is 1. The monoisotopic (exact) mass is 286 g/mol. The Labute approximate surface area is 128 Å². The summed E-state index contributed by atoms with van der Waals surface area (Å²) in [5.41, 5.74) is 3.82. The summed E-state index contributed by atoms with van der Waals surface area (Å²) in [4.78, 5) is 2.37. The van der Waals surface area contributed by atoms with E-state index in [4.69, 9.17) is 4.42 Å². The lowest BCUT2D eigenvalue weighted by Gasteiger charge is -2.23. The van der Waals surface area contributed by atoms with Crippen LogP contribution in [0.1, 0.15) is 37.2 Å². The van der Waals surface area contributed by atoms with E-state index in [-0.39, 0.29) is 0 Å². The summed E-state index contributed by atoms with van der Waals surface area (Å²) in [7, 11) is 0. The van der Waals surface area contributed by atoms with E-state index in [0.29, 0.717) is 0 Å². The van der Waals surface area contributed by atoms with E-state index in [1.807, 2.05) is 0 Å². The van der Waals surface area contributed by atoms with Gasteiger partial charge in [-0.3, -0.25) is 0 Å². The predicted octanol–water partition coefficient (Wildman–Crippen LogP) is 4.11. The van der Waals surface area contributed by atoms with Gasteiger partial charge in [0, 0.05) is 24.3 Å². The molecule has 0 radical (unpaired) electrons. The maximum Gasteiger partial charge on any atom is 0.122 e. The zero-order chi connectivity index (χ0) is 15.1. The van der Waals surface area contributed by atoms with E-state index in [2.05, 4.69) is 61.3 Å². The molecule has 1 aromatic heterocycles. The van der Waals surface area contributed by atoms with Gasteiger partial charge in [-0.1, -0.05) is 24.6 Å². The number of rotatable bonds is 8. The molecule has 1 heterocycles. The van der Waals surface area contributed by atoms with Crippen LogP contribution < -0.4 is 10.2 Å². The fourth-order valence-corrected chi connectivity index (χ4v) is 2.39. The van der Waals surface area contributed by atoms with Crippen LogP contribution in [0.5, 0.6) is 0 Å². The van der Waals surface area contributed by atoms with Gasteiger partial charge < -0.3 is 14.6 Å². The summed E-state index contributed by atoms with van der Waals surface area (Å²) < 4.78 is 5.62. The highest BCUT2D eigenvalue weighted by atomic mass is 16.3. The molecule has 0 spiro atoms. The van der Waals surface area contributed by atoms with Crippen LogP contribution in [-0.4, -0.2) is 13.1 Å². The number of hydrogen-bond acceptors (Lipinski definition) is 3. The highest BCUT2D eigenvalue weighted by Crippen LogP contribution is 2.20. The first kappa shape index (κ1) is 15.6. The van der Waals surface area contributed by atoms with Crippen LogP contribution in [-0.2, 0) is 13.1 Å². The second kappa shape index (κ2) is 7.89. The molecule has 1 aromatic carbocycles. The molecule has 114 valence electrons. The normalized spacial score (nSPS) is 10.8. The average Bonchev–Trinajstić information content (AvgIpc) is 2.93. The molecule has 0 aliphatic heterocycles. The Hall–Kier alpha value is -1.74. The molecule has 2 aromatic rings. The Kier molecular flexibility index (Phi) is 5.88. The largest absolute Gasteiger partial charge is 0.468 e. The fraction of sp³-hybridized carbons (Fsp3) is 0.444. The predicted molar refractivity (Wildman–Crippen MR) is 88.6 cm³/mol. The molecule has 0 unspecified atom stereocenters. The maximum absolute atomic E-state index is 5.62. The molecule has 0 atom stereocenters. The van der Waals surface area contributed by atoms with Crippen molar-refractivity contribution in [1.82, 2.24) is 5.32 Å². The van der Waals surface area contributed by atoms with Gasteiger partial charge in [-0.15, -0.1) is 0 Å². The molecule has 3 nitrogen and oxygen atoms in total. The van der Waals surface area contributed by atoms with Crippen molar-refractivity contribution in [3.8, 4) is 0 Å². The number of furan rings is 1. The van der Waals surface area contributed by atoms with Crippen LogP contribution in [0.25, 0.3) is 0 Å². The van der Waals surface area contributed by atoms with E-state index < -0.39 is 0 Å². The van der Waals surface area contributed by atoms with Gasteiger partial charge in [-0.2, -0.15) is 0 Å². The van der Waals surface area contributed by atoms with Gasteiger partial charge in [0.15, 0.2) is 0 Å². The highest BCUT2D eigenvalue weighted by Gasteiger charge is 2.11. The molecule has 1 N–H and O–H groups in total. The van der Waals surface area contributed by atoms with Crippen molar-refractivity contribution in [2.75, 3.05) is 18.0 Å². The van der Waals surface area contributed by atoms with Crippen LogP contribution in [0.2, 0.25) is 0 Å². The van der Waals surface area contributed by atoms with E-state index in [0.717, 1.165) is 38.4 Å². The van der Waals surface area contributed by atoms with Crippen LogP contribution >= 0.6 is 0 Å². The molecule has 0 aliphatic carbocycles. The lowest BCUT2D eigenvalue weighted by Crippen LogP contribution is -2.23. The molecule has 21 heavy (non-hydrogen) atoms. The number of nitrogens with zero attached hydrogens (tertiary/aromatic N) is 1. The second-order valence-electron chi connectivity index (χ2n) is 5.40. The third kappa shape index (κ3) is 4.36. The quantitative estimate of drug-likeness (QED) is 0.740. The van der Waals surface area contributed by atoms with E-state index in [1.165, 1.54) is 16.8 Å². The van der Waals surface area contributed by atoms with Crippen molar-refractivity contribution in [3.63, 3.8) is 0 Å². The minimum Gasteiger partial charge on any atom is -0.468 e. The van der Waals surface area contributed by atoms with Crippen molar-refractivity contribution >= 4 is 5.69 Å². The zero-order valence-corrected chi connectivity index (χ0v) is 13.4. The third-order valence-corrected chi connectivity index (χ3v) is 3.69. The van der Waals surface area contributed by atoms with Crippen molar-refractivity contribution in [2.45, 2.75) is 40.3 Å². The van der Waals surface area contributed by atoms with Crippen molar-refractivity contribution in [2.24, 2.45) is 0 Å². The fourth-order valence-electron chi connectivity index (χ4n) is 2.39. The summed E-state index contributed by atoms with van der Waals surface area (Å²) in [6.45, 7) is 10.2. The number of nitrogens with one attached hydrogen (secondary N) is 1. The number of aryl methyl sites for hydroxylation is 1. The minimum atomic E-state index is 0.807. The lowest BCUT2D eigenvalue weighted by molar-refractivity contribution is 0.478. The molecule has 0 bridgehead atoms. The Morgan fingerprint density at radius 3 is 2.52 bits per heavy atom. The van der Waals surface area contributed by atoms with Gasteiger partial charge in [-0.25, -0.2) is 0 Å². The van der Waals surface area contributed by atoms with Gasteiger partial charge in [0.25, 0.3) is 0 Å². The highest BCUT2D eigenvalue weighted by molar-refractivity contribution is 5.48. The zero-order valence-electron chi connectivity index (χ0n) is 13.4. The maximum atomic E-state index is 5.62. The lowest BCUT2D eigenvalue weighted by atomic mass is 10.2. The van der Waals surface area contributed by atoms with Crippen LogP contribution in [0.15, 0.2) is 41.0 Å². The van der Waals surface area contributed by atoms with Gasteiger partial charge >= 0.3 is 0 Å². The van der Waals surface area contributed by atoms with Gasteiger partial charge in [0.1, 0.15) is 5.76 Å². The minimum absolute atomic E-state index is 0.807. The van der Waals surface area contributed by atoms with E-state index in [1.54, 1.807) is 6.26 Å². The van der Waals surface area contributed by atoms with E-state index >= 15 is 0 Å². The number of hydrogen-bond donors (Lipinski definition) is 1. The summed E-state index contributed by atoms with van der Waals surface area (Å²) in [6.07, 6.45) is 2.93. The topological polar surface area (TPSA) is 28.4 Å². The van der Waals surface area contributed by atoms with Gasteiger partial charge in [-0.05, 0) is 45.0 Å². The van der Waals surface area contributed by atoms with Crippen LogP contribution in [0.3, 0.4) is 0 Å². The van der Waals surface area contributed by atoms with Gasteiger partial charge in [0.05, 0.1) is 12.8 Å². The molecule has 0 amide bonds. The standard InChI is InChI=1S/C18H26N2O/c1-4-11-19-13-18-16(10-12-21-18)14-20(5-2)17-8-6-15(3)7-9-17/h6-10,12,19H,4-5,11,13-14H2,1-3H3. The summed E-state index contributed by atoms with van der Waals surface area (Å²) in [5, 5.41) is 3.40. The average molecular weight is 286 g/mol. The van der Waals surface area contributed by atoms with Crippen LogP contribution in [0.4, 0.5) is 5.69 Å². The summed E-state index contributed by atoms with van der Waals surface area (Å²) in [6, 6.07) is 10.8. The van der Waals surface area contributed by atoms with Gasteiger partial charge in [0.2, 0.25) is 0 Å². The molecule has 0 aliphatic rings. The summed E-state index contributed by atoms with van der Waals surface area (Å²) >= 11 is 0. The first-order chi connectivity index (χ1) is 10.2. The molecule has 2 rings (SSSR count). The third-order valence-electron chi connectivity index (χ3n) is 3.69. The Morgan fingerprint density at radius 1 is 1.10 bits per heavy atom. The second-order valence-corrected chi connectivity index (χ2v) is 5.40. The Balaban J connectivity index is 2.05. The molecule has 0 fully saturated rings. The first-order valence-corrected chi connectivity index (χ1v) is 7.82. The molecule has 0 saturated heterocycles. The smallest absolute Gasteiger partial charge is 0.122 e. The first-order valence-electron chi connectivity index (χ1n) is 7.82. The van der Waals surface area contributed by atoms with Crippen molar-refractivity contribution < 1.29 is 4.42 Å². The van der Waals surface area contributed by atoms with Crippen molar-refractivity contribution in [1.29, 1.82) is 0 Å². The SMILES string of the molecule is CCCNCc1occc1CN(CC)c1ccc(C)cc1. The molecular formula is C18H26N2O. The molecule has 3 heteroatoms. The molecule has 0 saturated carbocycles. The molecular weight excluding hydrogens is 260 g/mol. The Bertz CT molecular complexity index is 530. The Morgan fingerprint density at radius 2 is 1.86 bits per heavy atom. The summed E-state index contributed by atoms with van der Waals surface area (Å²) in [5.74, 6) is 1.05. The van der Waals surface area contributed by atoms with Crippen molar-refractivity contribution in [3.05, 3.63) is 53.5 Å². The number of anilines is 1. The van der Waals surface area contributed by atoms with E-state index in [9.17, 15) is 0 Å².